The Hall–Kier alpha value is -1.55. The Bertz CT molecular complexity index is 351. The fourth-order valence-corrected chi connectivity index (χ4v) is 2.00. The molecular formula is C12H16N2O2. The van der Waals surface area contributed by atoms with Gasteiger partial charge in [0.1, 0.15) is 0 Å². The second-order valence-electron chi connectivity index (χ2n) is 3.84. The summed E-state index contributed by atoms with van der Waals surface area (Å²) in [4.78, 5) is 13.4. The van der Waals surface area contributed by atoms with Gasteiger partial charge in [0.15, 0.2) is 0 Å². The van der Waals surface area contributed by atoms with Crippen molar-refractivity contribution >= 4 is 11.8 Å². The third-order valence-corrected chi connectivity index (χ3v) is 2.77. The molecule has 0 bridgehead atoms. The Balaban J connectivity index is 2.23. The van der Waals surface area contributed by atoms with Crippen molar-refractivity contribution in [1.29, 1.82) is 0 Å². The number of hydrogen-bond acceptors (Lipinski definition) is 3. The molecule has 4 heteroatoms. The maximum atomic E-state index is 11.7. The van der Waals surface area contributed by atoms with Gasteiger partial charge < -0.3 is 10.5 Å². The second-order valence-corrected chi connectivity index (χ2v) is 3.84. The number of anilines is 1. The van der Waals surface area contributed by atoms with Crippen molar-refractivity contribution in [2.45, 2.75) is 18.9 Å². The van der Waals surface area contributed by atoms with Crippen molar-refractivity contribution in [3.8, 4) is 0 Å². The van der Waals surface area contributed by atoms with Gasteiger partial charge in [0.2, 0.25) is 0 Å². The van der Waals surface area contributed by atoms with Crippen molar-refractivity contribution in [3.63, 3.8) is 0 Å². The minimum atomic E-state index is -0.268. The van der Waals surface area contributed by atoms with E-state index in [-0.39, 0.29) is 12.1 Å². The van der Waals surface area contributed by atoms with Gasteiger partial charge in [0, 0.05) is 18.2 Å². The molecule has 0 aromatic heterocycles. The topological polar surface area (TPSA) is 55.6 Å². The van der Waals surface area contributed by atoms with Gasteiger partial charge in [-0.2, -0.15) is 0 Å². The number of para-hydroxylation sites is 1. The highest BCUT2D eigenvalue weighted by Crippen LogP contribution is 2.24. The molecule has 16 heavy (non-hydrogen) atoms. The fourth-order valence-electron chi connectivity index (χ4n) is 2.00. The quantitative estimate of drug-likeness (QED) is 0.844. The Kier molecular flexibility index (Phi) is 3.41. The predicted molar refractivity (Wildman–Crippen MR) is 62.3 cm³/mol. The molecule has 86 valence electrons. The lowest BCUT2D eigenvalue weighted by Crippen LogP contribution is -2.46. The molecule has 0 aliphatic carbocycles. The first kappa shape index (κ1) is 11.0. The lowest BCUT2D eigenvalue weighted by atomic mass is 10.1. The first-order valence-electron chi connectivity index (χ1n) is 5.54. The van der Waals surface area contributed by atoms with Crippen LogP contribution in [0.25, 0.3) is 0 Å². The van der Waals surface area contributed by atoms with Crippen molar-refractivity contribution in [1.82, 2.24) is 0 Å². The van der Waals surface area contributed by atoms with Crippen LogP contribution in [-0.4, -0.2) is 25.3 Å². The summed E-state index contributed by atoms with van der Waals surface area (Å²) < 4.78 is 5.07. The number of ether oxygens (including phenoxy) is 1. The van der Waals surface area contributed by atoms with Crippen LogP contribution < -0.4 is 10.6 Å². The van der Waals surface area contributed by atoms with Gasteiger partial charge in [-0.05, 0) is 25.1 Å². The molecule has 0 saturated carbocycles. The minimum absolute atomic E-state index is 0.161. The zero-order valence-corrected chi connectivity index (χ0v) is 9.13. The van der Waals surface area contributed by atoms with Crippen LogP contribution in [0.2, 0.25) is 0 Å². The van der Waals surface area contributed by atoms with Gasteiger partial charge in [-0.25, -0.2) is 4.79 Å². The van der Waals surface area contributed by atoms with E-state index in [1.807, 2.05) is 30.3 Å². The Morgan fingerprint density at radius 3 is 2.81 bits per heavy atom. The summed E-state index contributed by atoms with van der Waals surface area (Å²) in [6.45, 7) is 1.08. The average Bonchev–Trinajstić information content (AvgIpc) is 2.31. The molecule has 2 N–H and O–H groups in total. The minimum Gasteiger partial charge on any atom is -0.449 e. The summed E-state index contributed by atoms with van der Waals surface area (Å²) in [5, 5.41) is 0. The van der Waals surface area contributed by atoms with Crippen LogP contribution in [0.1, 0.15) is 12.8 Å². The first-order chi connectivity index (χ1) is 7.83. The number of nitrogens with zero attached hydrogens (tertiary/aromatic N) is 1. The van der Waals surface area contributed by atoms with E-state index in [1.165, 1.54) is 0 Å². The van der Waals surface area contributed by atoms with Crippen LogP contribution >= 0.6 is 0 Å². The van der Waals surface area contributed by atoms with Crippen LogP contribution in [0.5, 0.6) is 0 Å². The van der Waals surface area contributed by atoms with E-state index in [4.69, 9.17) is 10.5 Å². The third-order valence-electron chi connectivity index (χ3n) is 2.77. The van der Waals surface area contributed by atoms with Gasteiger partial charge >= 0.3 is 6.09 Å². The molecule has 1 aromatic carbocycles. The van der Waals surface area contributed by atoms with Crippen LogP contribution in [0.4, 0.5) is 10.5 Å². The molecule has 1 amide bonds. The van der Waals surface area contributed by atoms with E-state index in [2.05, 4.69) is 0 Å². The van der Waals surface area contributed by atoms with Crippen molar-refractivity contribution in [2.75, 3.05) is 18.1 Å². The standard InChI is InChI=1S/C12H16N2O2/c13-8-6-11-7-9-16-12(15)14(11)10-4-2-1-3-5-10/h1-5,11H,6-9,13H2. The highest BCUT2D eigenvalue weighted by atomic mass is 16.6. The highest BCUT2D eigenvalue weighted by Gasteiger charge is 2.30. The zero-order valence-electron chi connectivity index (χ0n) is 9.13. The Morgan fingerprint density at radius 1 is 1.38 bits per heavy atom. The first-order valence-corrected chi connectivity index (χ1v) is 5.54. The fraction of sp³-hybridized carbons (Fsp3) is 0.417. The zero-order chi connectivity index (χ0) is 11.4. The number of amides is 1. The number of hydrogen-bond donors (Lipinski definition) is 1. The second kappa shape index (κ2) is 4.99. The molecule has 1 unspecified atom stereocenters. The van der Waals surface area contributed by atoms with Crippen LogP contribution in [0.3, 0.4) is 0 Å². The largest absolute Gasteiger partial charge is 0.449 e. The molecule has 2 rings (SSSR count). The Labute approximate surface area is 95.0 Å². The summed E-state index contributed by atoms with van der Waals surface area (Å²) >= 11 is 0. The number of rotatable bonds is 3. The highest BCUT2D eigenvalue weighted by molar-refractivity contribution is 5.88. The predicted octanol–water partition coefficient (Wildman–Crippen LogP) is 1.75. The molecule has 1 aliphatic rings. The van der Waals surface area contributed by atoms with E-state index >= 15 is 0 Å². The number of nitrogens with two attached hydrogens (primary N) is 1. The van der Waals surface area contributed by atoms with E-state index in [1.54, 1.807) is 4.90 Å². The van der Waals surface area contributed by atoms with E-state index in [0.717, 1.165) is 18.5 Å². The molecule has 1 atom stereocenters. The van der Waals surface area contributed by atoms with Crippen molar-refractivity contribution in [3.05, 3.63) is 30.3 Å². The van der Waals surface area contributed by atoms with Crippen LogP contribution in [-0.2, 0) is 4.74 Å². The molecule has 0 radical (unpaired) electrons. The number of carbonyl (C=O) groups is 1. The molecule has 1 saturated heterocycles. The number of benzene rings is 1. The van der Waals surface area contributed by atoms with Crippen molar-refractivity contribution < 1.29 is 9.53 Å². The summed E-state index contributed by atoms with van der Waals surface area (Å²) in [6.07, 6.45) is 1.39. The molecule has 1 heterocycles. The lowest BCUT2D eigenvalue weighted by Gasteiger charge is -2.34. The SMILES string of the molecule is NCCC1CCOC(=O)N1c1ccccc1. The van der Waals surface area contributed by atoms with E-state index in [0.29, 0.717) is 13.2 Å². The van der Waals surface area contributed by atoms with E-state index in [9.17, 15) is 4.79 Å². The normalized spacial score (nSPS) is 20.7. The smallest absolute Gasteiger partial charge is 0.414 e. The summed E-state index contributed by atoms with van der Waals surface area (Å²) in [5.41, 5.74) is 6.45. The van der Waals surface area contributed by atoms with Gasteiger partial charge in [0.25, 0.3) is 0 Å². The van der Waals surface area contributed by atoms with Gasteiger partial charge in [0.05, 0.1) is 6.61 Å². The van der Waals surface area contributed by atoms with Gasteiger partial charge in [-0.1, -0.05) is 18.2 Å². The summed E-state index contributed by atoms with van der Waals surface area (Å²) in [7, 11) is 0. The molecular weight excluding hydrogens is 204 g/mol. The Morgan fingerprint density at radius 2 is 2.12 bits per heavy atom. The third kappa shape index (κ3) is 2.17. The molecule has 1 aliphatic heterocycles. The van der Waals surface area contributed by atoms with Crippen molar-refractivity contribution in [2.24, 2.45) is 5.73 Å². The maximum Gasteiger partial charge on any atom is 0.414 e. The molecule has 4 nitrogen and oxygen atoms in total. The van der Waals surface area contributed by atoms with Crippen LogP contribution in [0.15, 0.2) is 30.3 Å². The van der Waals surface area contributed by atoms with E-state index < -0.39 is 0 Å². The van der Waals surface area contributed by atoms with Gasteiger partial charge in [-0.15, -0.1) is 0 Å². The maximum absolute atomic E-state index is 11.7. The average molecular weight is 220 g/mol. The number of cyclic esters (lactones) is 1. The molecule has 0 spiro atoms. The van der Waals surface area contributed by atoms with Crippen LogP contribution in [0, 0.1) is 0 Å². The van der Waals surface area contributed by atoms with Gasteiger partial charge in [-0.3, -0.25) is 4.90 Å². The monoisotopic (exact) mass is 220 g/mol. The summed E-state index contributed by atoms with van der Waals surface area (Å²) in [5.74, 6) is 0. The summed E-state index contributed by atoms with van der Waals surface area (Å²) in [6, 6.07) is 9.74. The molecule has 1 fully saturated rings. The lowest BCUT2D eigenvalue weighted by molar-refractivity contribution is 0.128. The molecule has 1 aromatic rings. The number of carbonyl (C=O) groups excluding carboxylic acids is 1.